The van der Waals surface area contributed by atoms with Gasteiger partial charge in [0.2, 0.25) is 0 Å². The Balaban J connectivity index is 3.04. The zero-order valence-corrected chi connectivity index (χ0v) is 10.4. The summed E-state index contributed by atoms with van der Waals surface area (Å²) in [7, 11) is 0. The van der Waals surface area contributed by atoms with Gasteiger partial charge in [-0.05, 0) is 39.3 Å². The maximum atomic E-state index is 5.60. The van der Waals surface area contributed by atoms with Crippen molar-refractivity contribution in [3.63, 3.8) is 0 Å². The molecule has 0 radical (unpaired) electrons. The molecule has 0 saturated carbocycles. The van der Waals surface area contributed by atoms with Crippen LogP contribution in [0.1, 0.15) is 32.1 Å². The largest absolute Gasteiger partial charge is 0.460 e. The Kier molecular flexibility index (Phi) is 4.99. The van der Waals surface area contributed by atoms with E-state index >= 15 is 0 Å². The highest BCUT2D eigenvalue weighted by Crippen LogP contribution is 2.32. The van der Waals surface area contributed by atoms with Gasteiger partial charge in [0.1, 0.15) is 0 Å². The summed E-state index contributed by atoms with van der Waals surface area (Å²) < 4.78 is 22.2. The van der Waals surface area contributed by atoms with Gasteiger partial charge in [-0.25, -0.2) is 0 Å². The van der Waals surface area contributed by atoms with E-state index in [1.165, 1.54) is 0 Å². The normalized spacial score (nSPS) is 12.0. The molecular formula is C12H20O4. The third-order valence-electron chi connectivity index (χ3n) is 2.14. The Morgan fingerprint density at radius 2 is 1.56 bits per heavy atom. The summed E-state index contributed by atoms with van der Waals surface area (Å²) in [6.07, 6.45) is 1.61. The van der Waals surface area contributed by atoms with Crippen molar-refractivity contribution in [3.05, 3.63) is 23.7 Å². The highest BCUT2D eigenvalue weighted by atomic mass is 16.9. The summed E-state index contributed by atoms with van der Waals surface area (Å²) in [4.78, 5) is 0. The van der Waals surface area contributed by atoms with Gasteiger partial charge in [0.05, 0.1) is 26.1 Å². The van der Waals surface area contributed by atoms with Crippen LogP contribution in [0.3, 0.4) is 0 Å². The quantitative estimate of drug-likeness (QED) is 0.673. The third-order valence-corrected chi connectivity index (χ3v) is 2.14. The molecule has 0 aliphatic heterocycles. The maximum Gasteiger partial charge on any atom is 0.346 e. The molecule has 1 rings (SSSR count). The standard InChI is InChI=1S/C12H20O4/c1-5-14-12(15-6-2,16-7-3)11-10(4)8-9-13-11/h8-9H,5-7H2,1-4H3. The molecule has 1 heterocycles. The van der Waals surface area contributed by atoms with Crippen LogP contribution in [0.2, 0.25) is 0 Å². The SMILES string of the molecule is CCOC(OCC)(OCC)c1occc1C. The minimum absolute atomic E-state index is 0.486. The predicted octanol–water partition coefficient (Wildman–Crippen LogP) is 2.81. The predicted molar refractivity (Wildman–Crippen MR) is 60.0 cm³/mol. The number of rotatable bonds is 7. The molecule has 0 N–H and O–H groups in total. The number of aryl methyl sites for hydroxylation is 1. The van der Waals surface area contributed by atoms with Crippen molar-refractivity contribution >= 4 is 0 Å². The van der Waals surface area contributed by atoms with Crippen LogP contribution >= 0.6 is 0 Å². The summed E-state index contributed by atoms with van der Waals surface area (Å²) in [5, 5.41) is 0. The Bertz CT molecular complexity index is 289. The van der Waals surface area contributed by atoms with Gasteiger partial charge >= 0.3 is 5.97 Å². The van der Waals surface area contributed by atoms with Gasteiger partial charge in [-0.1, -0.05) is 0 Å². The van der Waals surface area contributed by atoms with Gasteiger partial charge in [-0.15, -0.1) is 0 Å². The molecule has 16 heavy (non-hydrogen) atoms. The summed E-state index contributed by atoms with van der Waals surface area (Å²) in [5.74, 6) is -0.621. The fourth-order valence-electron chi connectivity index (χ4n) is 1.58. The molecule has 0 aromatic carbocycles. The maximum absolute atomic E-state index is 5.60. The van der Waals surface area contributed by atoms with Gasteiger partial charge in [-0.3, -0.25) is 0 Å². The zero-order valence-electron chi connectivity index (χ0n) is 10.4. The third kappa shape index (κ3) is 2.64. The lowest BCUT2D eigenvalue weighted by Crippen LogP contribution is -2.36. The Morgan fingerprint density at radius 1 is 1.06 bits per heavy atom. The average molecular weight is 228 g/mol. The van der Waals surface area contributed by atoms with Crippen LogP contribution in [0.4, 0.5) is 0 Å². The molecule has 4 nitrogen and oxygen atoms in total. The van der Waals surface area contributed by atoms with Crippen LogP contribution in [0.15, 0.2) is 16.7 Å². The minimum atomic E-state index is -1.20. The van der Waals surface area contributed by atoms with Crippen molar-refractivity contribution in [1.29, 1.82) is 0 Å². The second-order valence-corrected chi connectivity index (χ2v) is 3.29. The molecule has 1 aromatic rings. The zero-order chi connectivity index (χ0) is 12.0. The summed E-state index contributed by atoms with van der Waals surface area (Å²) in [6.45, 7) is 9.08. The number of ether oxygens (including phenoxy) is 3. The van der Waals surface area contributed by atoms with Crippen LogP contribution in [0, 0.1) is 6.92 Å². The van der Waals surface area contributed by atoms with Crippen molar-refractivity contribution in [2.75, 3.05) is 19.8 Å². The Morgan fingerprint density at radius 3 is 1.88 bits per heavy atom. The molecule has 1 aromatic heterocycles. The molecule has 0 spiro atoms. The van der Waals surface area contributed by atoms with Gasteiger partial charge < -0.3 is 18.6 Å². The van der Waals surface area contributed by atoms with Crippen molar-refractivity contribution in [3.8, 4) is 0 Å². The van der Waals surface area contributed by atoms with Crippen molar-refractivity contribution in [2.24, 2.45) is 0 Å². The summed E-state index contributed by atoms with van der Waals surface area (Å²) >= 11 is 0. The van der Waals surface area contributed by atoms with E-state index < -0.39 is 5.97 Å². The van der Waals surface area contributed by atoms with E-state index in [0.717, 1.165) is 5.56 Å². The molecule has 0 saturated heterocycles. The molecule has 0 aliphatic rings. The highest BCUT2D eigenvalue weighted by Gasteiger charge is 2.39. The number of furan rings is 1. The molecule has 0 bridgehead atoms. The van der Waals surface area contributed by atoms with Crippen LogP contribution in [0.25, 0.3) is 0 Å². The van der Waals surface area contributed by atoms with E-state index in [-0.39, 0.29) is 0 Å². The van der Waals surface area contributed by atoms with E-state index in [1.807, 2.05) is 33.8 Å². The lowest BCUT2D eigenvalue weighted by atomic mass is 10.2. The first kappa shape index (κ1) is 13.2. The lowest BCUT2D eigenvalue weighted by molar-refractivity contribution is -0.397. The van der Waals surface area contributed by atoms with Crippen molar-refractivity contribution < 1.29 is 18.6 Å². The molecule has 0 aliphatic carbocycles. The topological polar surface area (TPSA) is 40.8 Å². The Hall–Kier alpha value is -0.840. The molecule has 0 atom stereocenters. The van der Waals surface area contributed by atoms with E-state index in [4.69, 9.17) is 18.6 Å². The van der Waals surface area contributed by atoms with Crippen LogP contribution in [-0.4, -0.2) is 19.8 Å². The number of hydrogen-bond acceptors (Lipinski definition) is 4. The molecule has 0 unspecified atom stereocenters. The minimum Gasteiger partial charge on any atom is -0.460 e. The Labute approximate surface area is 96.5 Å². The monoisotopic (exact) mass is 228 g/mol. The average Bonchev–Trinajstić information content (AvgIpc) is 2.66. The lowest BCUT2D eigenvalue weighted by Gasteiger charge is -2.30. The molecule has 0 fully saturated rings. The first-order valence-corrected chi connectivity index (χ1v) is 5.66. The highest BCUT2D eigenvalue weighted by molar-refractivity contribution is 5.17. The van der Waals surface area contributed by atoms with Gasteiger partial charge in [0.15, 0.2) is 5.76 Å². The van der Waals surface area contributed by atoms with Gasteiger partial charge in [0.25, 0.3) is 0 Å². The van der Waals surface area contributed by atoms with Crippen molar-refractivity contribution in [1.82, 2.24) is 0 Å². The van der Waals surface area contributed by atoms with Crippen LogP contribution < -0.4 is 0 Å². The van der Waals surface area contributed by atoms with Gasteiger partial charge in [0, 0.05) is 0 Å². The van der Waals surface area contributed by atoms with E-state index in [9.17, 15) is 0 Å². The van der Waals surface area contributed by atoms with Crippen LogP contribution in [0.5, 0.6) is 0 Å². The van der Waals surface area contributed by atoms with Gasteiger partial charge in [-0.2, -0.15) is 0 Å². The fraction of sp³-hybridized carbons (Fsp3) is 0.667. The van der Waals surface area contributed by atoms with E-state index in [2.05, 4.69) is 0 Å². The fourth-order valence-corrected chi connectivity index (χ4v) is 1.58. The van der Waals surface area contributed by atoms with E-state index in [1.54, 1.807) is 6.26 Å². The molecule has 4 heteroatoms. The first-order valence-electron chi connectivity index (χ1n) is 5.66. The first-order chi connectivity index (χ1) is 7.70. The molecule has 92 valence electrons. The van der Waals surface area contributed by atoms with Crippen LogP contribution in [-0.2, 0) is 20.2 Å². The number of hydrogen-bond donors (Lipinski definition) is 0. The molecule has 0 amide bonds. The molecular weight excluding hydrogens is 208 g/mol. The smallest absolute Gasteiger partial charge is 0.346 e. The van der Waals surface area contributed by atoms with E-state index in [0.29, 0.717) is 25.6 Å². The van der Waals surface area contributed by atoms with Crippen molar-refractivity contribution in [2.45, 2.75) is 33.7 Å². The second kappa shape index (κ2) is 6.03. The summed E-state index contributed by atoms with van der Waals surface area (Å²) in [5.41, 5.74) is 0.954. The second-order valence-electron chi connectivity index (χ2n) is 3.29. The summed E-state index contributed by atoms with van der Waals surface area (Å²) in [6, 6.07) is 1.86.